The summed E-state index contributed by atoms with van der Waals surface area (Å²) in [6.07, 6.45) is 2.25. The van der Waals surface area contributed by atoms with E-state index in [9.17, 15) is 14.0 Å². The van der Waals surface area contributed by atoms with Crippen LogP contribution in [0.3, 0.4) is 0 Å². The number of carbonyl (C=O) groups excluding carboxylic acids is 2. The number of halogens is 3. The maximum atomic E-state index is 14.8. The van der Waals surface area contributed by atoms with E-state index in [-0.39, 0.29) is 16.6 Å². The quantitative estimate of drug-likeness (QED) is 0.760. The molecule has 1 N–H and O–H groups in total. The molecule has 2 atom stereocenters. The van der Waals surface area contributed by atoms with E-state index < -0.39 is 23.3 Å². The average molecular weight is 450 g/mol. The van der Waals surface area contributed by atoms with Crippen LogP contribution in [-0.4, -0.2) is 48.3 Å². The molecule has 2 heterocycles. The number of amides is 2. The van der Waals surface area contributed by atoms with E-state index in [1.54, 1.807) is 44.4 Å². The first-order valence-corrected chi connectivity index (χ1v) is 10.6. The zero-order chi connectivity index (χ0) is 21.6. The first-order chi connectivity index (χ1) is 14.3. The van der Waals surface area contributed by atoms with Crippen LogP contribution in [-0.2, 0) is 15.1 Å². The number of fused-ring (bicyclic) bond motifs is 1. The van der Waals surface area contributed by atoms with Crippen LogP contribution in [0.2, 0.25) is 10.0 Å². The third-order valence-electron chi connectivity index (χ3n) is 5.94. The van der Waals surface area contributed by atoms with Crippen LogP contribution in [0.25, 0.3) is 0 Å². The van der Waals surface area contributed by atoms with E-state index in [0.29, 0.717) is 29.1 Å². The molecule has 2 aromatic carbocycles. The van der Waals surface area contributed by atoms with E-state index in [4.69, 9.17) is 23.2 Å². The lowest BCUT2D eigenvalue weighted by atomic mass is 9.79. The fraction of sp³-hybridized carbons (Fsp3) is 0.364. The Hall–Kier alpha value is -2.15. The molecule has 0 aliphatic carbocycles. The minimum Gasteiger partial charge on any atom is -0.347 e. The molecule has 0 aromatic heterocycles. The maximum Gasteiger partial charge on any atom is 0.254 e. The molecular weight excluding hydrogens is 428 g/mol. The third-order valence-corrected chi connectivity index (χ3v) is 6.48. The predicted molar refractivity (Wildman–Crippen MR) is 115 cm³/mol. The summed E-state index contributed by atoms with van der Waals surface area (Å²) in [4.78, 5) is 30.2. The first-order valence-electron chi connectivity index (χ1n) is 9.82. The lowest BCUT2D eigenvalue weighted by molar-refractivity contribution is -0.142. The molecule has 1 unspecified atom stereocenters. The smallest absolute Gasteiger partial charge is 0.254 e. The molecule has 1 fully saturated rings. The third kappa shape index (κ3) is 3.09. The van der Waals surface area contributed by atoms with Crippen molar-refractivity contribution in [2.45, 2.75) is 30.8 Å². The van der Waals surface area contributed by atoms with E-state index in [1.807, 2.05) is 4.90 Å². The molecule has 2 aliphatic rings. The highest BCUT2D eigenvalue weighted by Crippen LogP contribution is 2.51. The summed E-state index contributed by atoms with van der Waals surface area (Å²) >= 11 is 12.8. The molecule has 30 heavy (non-hydrogen) atoms. The Morgan fingerprint density at radius 2 is 1.93 bits per heavy atom. The van der Waals surface area contributed by atoms with Crippen molar-refractivity contribution in [1.82, 2.24) is 9.80 Å². The summed E-state index contributed by atoms with van der Waals surface area (Å²) in [5.41, 5.74) is -0.506. The van der Waals surface area contributed by atoms with Crippen LogP contribution in [0.1, 0.15) is 30.4 Å². The summed E-state index contributed by atoms with van der Waals surface area (Å²) in [7, 11) is 3.38. The highest BCUT2D eigenvalue weighted by Gasteiger charge is 2.57. The van der Waals surface area contributed by atoms with Crippen LogP contribution in [0.15, 0.2) is 36.4 Å². The van der Waals surface area contributed by atoms with Gasteiger partial charge in [-0.1, -0.05) is 47.8 Å². The second-order valence-corrected chi connectivity index (χ2v) is 8.74. The minimum atomic E-state index is -1.46. The number of nitrogens with zero attached hydrogens (tertiary/aromatic N) is 2. The van der Waals surface area contributed by atoms with Crippen molar-refractivity contribution in [3.8, 4) is 0 Å². The lowest BCUT2D eigenvalue weighted by Gasteiger charge is -2.47. The van der Waals surface area contributed by atoms with Crippen molar-refractivity contribution in [2.75, 3.05) is 26.0 Å². The number of likely N-dealkylation sites (N-methyl/N-ethyl adjacent to an activating group) is 1. The molecule has 1 saturated heterocycles. The van der Waals surface area contributed by atoms with Gasteiger partial charge in [0, 0.05) is 41.8 Å². The molecule has 8 heteroatoms. The molecular formula is C22H22Cl2FN3O2. The van der Waals surface area contributed by atoms with Crippen LogP contribution in [0.4, 0.5) is 10.1 Å². The molecule has 0 spiro atoms. The van der Waals surface area contributed by atoms with Gasteiger partial charge in [-0.3, -0.25) is 14.5 Å². The highest BCUT2D eigenvalue weighted by molar-refractivity contribution is 6.32. The number of hydrogen-bond acceptors (Lipinski definition) is 3. The van der Waals surface area contributed by atoms with Crippen molar-refractivity contribution in [3.05, 3.63) is 63.4 Å². The Labute approximate surface area is 184 Å². The second-order valence-electron chi connectivity index (χ2n) is 7.89. The predicted octanol–water partition coefficient (Wildman–Crippen LogP) is 4.27. The number of anilines is 1. The van der Waals surface area contributed by atoms with Gasteiger partial charge in [0.05, 0.1) is 11.7 Å². The van der Waals surface area contributed by atoms with Crippen LogP contribution in [0.5, 0.6) is 0 Å². The van der Waals surface area contributed by atoms with Crippen LogP contribution >= 0.6 is 23.2 Å². The number of nitrogens with one attached hydrogen (secondary N) is 1. The molecule has 0 bridgehead atoms. The molecule has 0 radical (unpaired) electrons. The zero-order valence-corrected chi connectivity index (χ0v) is 18.2. The second kappa shape index (κ2) is 7.84. The largest absolute Gasteiger partial charge is 0.347 e. The Balaban J connectivity index is 2.04. The van der Waals surface area contributed by atoms with Gasteiger partial charge in [-0.2, -0.15) is 0 Å². The van der Waals surface area contributed by atoms with E-state index in [0.717, 1.165) is 12.8 Å². The van der Waals surface area contributed by atoms with Gasteiger partial charge in [-0.05, 0) is 31.0 Å². The van der Waals surface area contributed by atoms with Gasteiger partial charge >= 0.3 is 0 Å². The van der Waals surface area contributed by atoms with Gasteiger partial charge in [0.2, 0.25) is 5.91 Å². The summed E-state index contributed by atoms with van der Waals surface area (Å²) in [6.45, 7) is 0.483. The Morgan fingerprint density at radius 3 is 2.63 bits per heavy atom. The van der Waals surface area contributed by atoms with Gasteiger partial charge < -0.3 is 10.2 Å². The Kier molecular flexibility index (Phi) is 5.51. The molecule has 2 aromatic rings. The maximum absolute atomic E-state index is 14.8. The van der Waals surface area contributed by atoms with Crippen molar-refractivity contribution in [3.63, 3.8) is 0 Å². The number of carbonyl (C=O) groups is 2. The Morgan fingerprint density at radius 1 is 1.20 bits per heavy atom. The van der Waals surface area contributed by atoms with Gasteiger partial charge in [0.1, 0.15) is 5.82 Å². The monoisotopic (exact) mass is 449 g/mol. The van der Waals surface area contributed by atoms with E-state index >= 15 is 0 Å². The van der Waals surface area contributed by atoms with E-state index in [2.05, 4.69) is 5.32 Å². The zero-order valence-electron chi connectivity index (χ0n) is 16.7. The first kappa shape index (κ1) is 21.1. The summed E-state index contributed by atoms with van der Waals surface area (Å²) < 4.78 is 14.8. The number of piperidine rings is 1. The fourth-order valence-electron chi connectivity index (χ4n) is 4.66. The summed E-state index contributed by atoms with van der Waals surface area (Å²) in [5, 5.41) is 3.23. The van der Waals surface area contributed by atoms with Gasteiger partial charge in [0.25, 0.3) is 5.91 Å². The normalized spacial score (nSPS) is 23.8. The van der Waals surface area contributed by atoms with E-state index in [1.165, 1.54) is 11.0 Å². The topological polar surface area (TPSA) is 52.7 Å². The van der Waals surface area contributed by atoms with Gasteiger partial charge in [0.15, 0.2) is 5.54 Å². The number of hydrogen-bond donors (Lipinski definition) is 1. The summed E-state index contributed by atoms with van der Waals surface area (Å²) in [5.74, 6) is -1.16. The molecule has 2 aliphatic heterocycles. The average Bonchev–Trinajstić information content (AvgIpc) is 3.00. The number of benzene rings is 2. The van der Waals surface area contributed by atoms with Crippen molar-refractivity contribution in [2.24, 2.45) is 0 Å². The number of likely N-dealkylation sites (tertiary alicyclic amines) is 1. The molecule has 2 amide bonds. The number of rotatable bonds is 3. The van der Waals surface area contributed by atoms with Gasteiger partial charge in [-0.25, -0.2) is 4.39 Å². The van der Waals surface area contributed by atoms with Crippen LogP contribution in [0, 0.1) is 5.82 Å². The molecule has 5 nitrogen and oxygen atoms in total. The Bertz CT molecular complexity index is 1030. The molecule has 158 valence electrons. The SMILES string of the molecule is CN(C)C(=O)[C@@H]1CCCCN1C1(c2ccccc2Cl)C(=O)Nc2c(F)cc(Cl)cc21. The van der Waals surface area contributed by atoms with Crippen molar-refractivity contribution >= 4 is 40.7 Å². The molecule has 4 rings (SSSR count). The van der Waals surface area contributed by atoms with Crippen molar-refractivity contribution < 1.29 is 14.0 Å². The van der Waals surface area contributed by atoms with Crippen LogP contribution < -0.4 is 5.32 Å². The molecule has 0 saturated carbocycles. The minimum absolute atomic E-state index is 0.0749. The lowest BCUT2D eigenvalue weighted by Crippen LogP contribution is -2.61. The fourth-order valence-corrected chi connectivity index (χ4v) is 5.14. The highest BCUT2D eigenvalue weighted by atomic mass is 35.5. The standard InChI is InChI=1S/C22H22Cl2FN3O2/c1-27(2)20(29)18-9-5-6-10-28(18)22(14-7-3-4-8-16(14)24)15-11-13(23)12-17(25)19(15)26-21(22)30/h3-4,7-8,11-12,18H,5-6,9-10H2,1-2H3,(H,26,30)/t18-,22?/m0/s1. The summed E-state index contributed by atoms with van der Waals surface area (Å²) in [6, 6.07) is 9.20. The van der Waals surface area contributed by atoms with Gasteiger partial charge in [-0.15, -0.1) is 0 Å². The van der Waals surface area contributed by atoms with Crippen molar-refractivity contribution in [1.29, 1.82) is 0 Å².